The minimum atomic E-state index is -0.134. The molecule has 0 atom stereocenters. The molecule has 3 nitrogen and oxygen atoms in total. The van der Waals surface area contributed by atoms with E-state index in [0.717, 1.165) is 16.5 Å². The molecule has 2 aromatic carbocycles. The molecule has 0 unspecified atom stereocenters. The van der Waals surface area contributed by atoms with Crippen molar-refractivity contribution in [1.29, 1.82) is 0 Å². The second-order valence-electron chi connectivity index (χ2n) is 5.03. The molecule has 2 aromatic rings. The van der Waals surface area contributed by atoms with Crippen LogP contribution in [0, 0.1) is 0 Å². The fraction of sp³-hybridized carbons (Fsp3) is 0.278. The van der Waals surface area contributed by atoms with Crippen LogP contribution in [0.25, 0.3) is 0 Å². The van der Waals surface area contributed by atoms with Crippen LogP contribution in [0.4, 0.5) is 0 Å². The molecule has 0 spiro atoms. The summed E-state index contributed by atoms with van der Waals surface area (Å²) in [6.07, 6.45) is 3.01. The summed E-state index contributed by atoms with van der Waals surface area (Å²) in [6.45, 7) is 2.61. The summed E-state index contributed by atoms with van der Waals surface area (Å²) >= 11 is 5.17. The Balaban J connectivity index is 1.80. The molecule has 0 bridgehead atoms. The Morgan fingerprint density at radius 2 is 1.87 bits per heavy atom. The van der Waals surface area contributed by atoms with Crippen molar-refractivity contribution < 1.29 is 9.53 Å². The van der Waals surface area contributed by atoms with E-state index in [4.69, 9.17) is 4.74 Å². The number of carbonyl (C=O) groups is 1. The van der Waals surface area contributed by atoms with Crippen molar-refractivity contribution in [2.24, 2.45) is 0 Å². The van der Waals surface area contributed by atoms with E-state index in [1.54, 1.807) is 11.8 Å². The molecule has 0 aliphatic rings. The van der Waals surface area contributed by atoms with Gasteiger partial charge < -0.3 is 10.1 Å². The summed E-state index contributed by atoms with van der Waals surface area (Å²) in [5.41, 5.74) is 2.30. The largest absolute Gasteiger partial charge is 0.483 e. The van der Waals surface area contributed by atoms with Crippen LogP contribution >= 0.6 is 27.7 Å². The van der Waals surface area contributed by atoms with Gasteiger partial charge in [0.1, 0.15) is 5.75 Å². The number of ether oxygens (including phenoxy) is 1. The Morgan fingerprint density at radius 3 is 2.48 bits per heavy atom. The Morgan fingerprint density at radius 1 is 1.17 bits per heavy atom. The Kier molecular flexibility index (Phi) is 6.99. The van der Waals surface area contributed by atoms with Crippen molar-refractivity contribution in [2.45, 2.75) is 24.8 Å². The number of nitrogens with one attached hydrogen (secondary N) is 1. The third-order valence-electron chi connectivity index (χ3n) is 3.41. The molecular weight excluding hydrogens is 374 g/mol. The number of hydrogen-bond acceptors (Lipinski definition) is 3. The molecule has 2 rings (SSSR count). The Hall–Kier alpha value is -1.46. The smallest absolute Gasteiger partial charge is 0.258 e. The maximum atomic E-state index is 11.9. The molecule has 0 aromatic heterocycles. The number of halogens is 1. The zero-order chi connectivity index (χ0) is 16.7. The van der Waals surface area contributed by atoms with E-state index in [0.29, 0.717) is 12.3 Å². The zero-order valence-electron chi connectivity index (χ0n) is 13.3. The molecule has 0 radical (unpaired) electrons. The van der Waals surface area contributed by atoms with Crippen LogP contribution in [0.5, 0.6) is 5.75 Å². The molecule has 122 valence electrons. The highest BCUT2D eigenvalue weighted by Crippen LogP contribution is 2.26. The van der Waals surface area contributed by atoms with Crippen LogP contribution in [0.15, 0.2) is 51.8 Å². The predicted octanol–water partition coefficient (Wildman–Crippen LogP) is 4.43. The maximum Gasteiger partial charge on any atom is 0.258 e. The number of thioether (sulfide) groups is 1. The standard InChI is InChI=1S/C18H20BrNO2S/c1-3-13-6-9-17(16(19)10-13)22-12-18(21)20-11-14-4-7-15(23-2)8-5-14/h4-10H,3,11-12H2,1-2H3,(H,20,21). The number of amides is 1. The quantitative estimate of drug-likeness (QED) is 0.707. The van der Waals surface area contributed by atoms with Gasteiger partial charge in [0.25, 0.3) is 5.91 Å². The first-order valence-electron chi connectivity index (χ1n) is 7.43. The van der Waals surface area contributed by atoms with Crippen molar-refractivity contribution in [3.63, 3.8) is 0 Å². The lowest BCUT2D eigenvalue weighted by molar-refractivity contribution is -0.123. The fourth-order valence-electron chi connectivity index (χ4n) is 2.02. The van der Waals surface area contributed by atoms with Crippen LogP contribution in [0.2, 0.25) is 0 Å². The van der Waals surface area contributed by atoms with E-state index in [1.165, 1.54) is 10.5 Å². The van der Waals surface area contributed by atoms with Gasteiger partial charge in [-0.1, -0.05) is 25.1 Å². The van der Waals surface area contributed by atoms with E-state index < -0.39 is 0 Å². The van der Waals surface area contributed by atoms with E-state index in [1.807, 2.05) is 36.6 Å². The fourth-order valence-corrected chi connectivity index (χ4v) is 2.97. The van der Waals surface area contributed by atoms with Gasteiger partial charge in [0.05, 0.1) is 4.47 Å². The number of carbonyl (C=O) groups excluding carboxylic acids is 1. The first-order chi connectivity index (χ1) is 11.1. The van der Waals surface area contributed by atoms with Crippen molar-refractivity contribution in [1.82, 2.24) is 5.32 Å². The number of benzene rings is 2. The molecule has 0 heterocycles. The molecule has 5 heteroatoms. The molecule has 0 aliphatic heterocycles. The second-order valence-corrected chi connectivity index (χ2v) is 6.77. The summed E-state index contributed by atoms with van der Waals surface area (Å²) in [5.74, 6) is 0.548. The van der Waals surface area contributed by atoms with E-state index in [-0.39, 0.29) is 12.5 Å². The van der Waals surface area contributed by atoms with Gasteiger partial charge in [0.2, 0.25) is 0 Å². The van der Waals surface area contributed by atoms with Crippen LogP contribution in [0.1, 0.15) is 18.1 Å². The zero-order valence-corrected chi connectivity index (χ0v) is 15.7. The van der Waals surface area contributed by atoms with Gasteiger partial charge in [-0.3, -0.25) is 4.79 Å². The summed E-state index contributed by atoms with van der Waals surface area (Å²) in [7, 11) is 0. The second kappa shape index (κ2) is 8.99. The van der Waals surface area contributed by atoms with Crippen molar-refractivity contribution in [3.05, 3.63) is 58.1 Å². The third kappa shape index (κ3) is 5.59. The van der Waals surface area contributed by atoms with Gasteiger partial charge in [0.15, 0.2) is 6.61 Å². The van der Waals surface area contributed by atoms with E-state index >= 15 is 0 Å². The first-order valence-corrected chi connectivity index (χ1v) is 9.45. The minimum Gasteiger partial charge on any atom is -0.483 e. The van der Waals surface area contributed by atoms with Crippen LogP contribution in [-0.2, 0) is 17.8 Å². The van der Waals surface area contributed by atoms with Crippen molar-refractivity contribution >= 4 is 33.6 Å². The third-order valence-corrected chi connectivity index (χ3v) is 4.78. The Labute approximate surface area is 149 Å². The summed E-state index contributed by atoms with van der Waals surface area (Å²) in [4.78, 5) is 13.1. The summed E-state index contributed by atoms with van der Waals surface area (Å²) < 4.78 is 6.43. The summed E-state index contributed by atoms with van der Waals surface area (Å²) in [5, 5.41) is 2.86. The van der Waals surface area contributed by atoms with Gasteiger partial charge in [-0.2, -0.15) is 0 Å². The lowest BCUT2D eigenvalue weighted by Gasteiger charge is -2.10. The number of hydrogen-bond donors (Lipinski definition) is 1. The molecule has 0 saturated heterocycles. The average molecular weight is 394 g/mol. The predicted molar refractivity (Wildman–Crippen MR) is 99.1 cm³/mol. The highest BCUT2D eigenvalue weighted by Gasteiger charge is 2.06. The maximum absolute atomic E-state index is 11.9. The van der Waals surface area contributed by atoms with Gasteiger partial charge in [-0.15, -0.1) is 11.8 Å². The van der Waals surface area contributed by atoms with Gasteiger partial charge in [-0.05, 0) is 64.0 Å². The molecule has 0 fully saturated rings. The average Bonchev–Trinajstić information content (AvgIpc) is 2.59. The molecule has 0 saturated carbocycles. The minimum absolute atomic E-state index is 0.00691. The molecule has 1 N–H and O–H groups in total. The van der Waals surface area contributed by atoms with Crippen LogP contribution in [0.3, 0.4) is 0 Å². The molecule has 23 heavy (non-hydrogen) atoms. The van der Waals surface area contributed by atoms with Crippen molar-refractivity contribution in [2.75, 3.05) is 12.9 Å². The van der Waals surface area contributed by atoms with Gasteiger partial charge >= 0.3 is 0 Å². The monoisotopic (exact) mass is 393 g/mol. The summed E-state index contributed by atoms with van der Waals surface area (Å²) in [6, 6.07) is 14.0. The number of rotatable bonds is 7. The normalized spacial score (nSPS) is 10.4. The van der Waals surface area contributed by atoms with Gasteiger partial charge in [0, 0.05) is 11.4 Å². The lowest BCUT2D eigenvalue weighted by atomic mass is 10.2. The van der Waals surface area contributed by atoms with E-state index in [9.17, 15) is 4.79 Å². The topological polar surface area (TPSA) is 38.3 Å². The first kappa shape index (κ1) is 17.9. The highest BCUT2D eigenvalue weighted by atomic mass is 79.9. The lowest BCUT2D eigenvalue weighted by Crippen LogP contribution is -2.28. The highest BCUT2D eigenvalue weighted by molar-refractivity contribution is 9.10. The SMILES string of the molecule is CCc1ccc(OCC(=O)NCc2ccc(SC)cc2)c(Br)c1. The molecule has 0 aliphatic carbocycles. The van der Waals surface area contributed by atoms with E-state index in [2.05, 4.69) is 40.3 Å². The molecular formula is C18H20BrNO2S. The Bertz CT molecular complexity index is 659. The van der Waals surface area contributed by atoms with Gasteiger partial charge in [-0.25, -0.2) is 0 Å². The van der Waals surface area contributed by atoms with Crippen molar-refractivity contribution in [3.8, 4) is 5.75 Å². The number of aryl methyl sites for hydroxylation is 1. The van der Waals surface area contributed by atoms with Crippen LogP contribution < -0.4 is 10.1 Å². The molecule has 1 amide bonds. The van der Waals surface area contributed by atoms with Crippen LogP contribution in [-0.4, -0.2) is 18.8 Å².